The maximum absolute atomic E-state index is 14.1. The van der Waals surface area contributed by atoms with E-state index in [0.717, 1.165) is 0 Å². The van der Waals surface area contributed by atoms with Gasteiger partial charge in [0.1, 0.15) is 17.4 Å². The van der Waals surface area contributed by atoms with Crippen molar-refractivity contribution < 1.29 is 34.1 Å². The van der Waals surface area contributed by atoms with Crippen LogP contribution in [0.4, 0.5) is 5.69 Å². The van der Waals surface area contributed by atoms with Crippen LogP contribution in [-0.2, 0) is 19.1 Å². The molecule has 3 aliphatic rings. The summed E-state index contributed by atoms with van der Waals surface area (Å²) in [6, 6.07) is 6.13. The zero-order valence-electron chi connectivity index (χ0n) is 19.4. The van der Waals surface area contributed by atoms with Crippen LogP contribution in [0.2, 0.25) is 0 Å². The van der Waals surface area contributed by atoms with Gasteiger partial charge in [0.05, 0.1) is 25.0 Å². The molecule has 2 bridgehead atoms. The van der Waals surface area contributed by atoms with E-state index in [9.17, 15) is 19.5 Å². The normalized spacial score (nSPS) is 29.2. The van der Waals surface area contributed by atoms with Crippen molar-refractivity contribution in [1.29, 1.82) is 0 Å². The Labute approximate surface area is 198 Å². The van der Waals surface area contributed by atoms with Crippen LogP contribution in [0.5, 0.6) is 5.75 Å². The molecule has 2 amide bonds. The third-order valence-corrected chi connectivity index (χ3v) is 7.34. The Kier molecular flexibility index (Phi) is 6.95. The quantitative estimate of drug-likeness (QED) is 0.373. The summed E-state index contributed by atoms with van der Waals surface area (Å²) in [7, 11) is 1.56. The highest BCUT2D eigenvalue weighted by Gasteiger charge is 2.74. The van der Waals surface area contributed by atoms with Crippen molar-refractivity contribution in [3.63, 3.8) is 0 Å². The summed E-state index contributed by atoms with van der Waals surface area (Å²) >= 11 is 0. The molecule has 184 valence electrons. The number of carboxylic acid groups (broad SMARTS) is 1. The van der Waals surface area contributed by atoms with Crippen LogP contribution in [0, 0.1) is 11.8 Å². The van der Waals surface area contributed by atoms with Gasteiger partial charge in [0, 0.05) is 25.4 Å². The molecule has 0 radical (unpaired) electrons. The first kappa shape index (κ1) is 24.2. The van der Waals surface area contributed by atoms with Gasteiger partial charge < -0.3 is 29.5 Å². The predicted octanol–water partition coefficient (Wildman–Crippen LogP) is 1.84. The van der Waals surface area contributed by atoms with Gasteiger partial charge in [0.15, 0.2) is 0 Å². The summed E-state index contributed by atoms with van der Waals surface area (Å²) in [5.41, 5.74) is -0.523. The monoisotopic (exact) mass is 472 g/mol. The highest BCUT2D eigenvalue weighted by atomic mass is 16.5. The number of likely N-dealkylation sites (tertiary alicyclic amines) is 1. The second-order valence-corrected chi connectivity index (χ2v) is 9.15. The number of amides is 2. The fraction of sp³-hybridized carbons (Fsp3) is 0.560. The Morgan fingerprint density at radius 3 is 2.65 bits per heavy atom. The average Bonchev–Trinajstić information content (AvgIpc) is 3.47. The molecular weight excluding hydrogens is 440 g/mol. The van der Waals surface area contributed by atoms with Gasteiger partial charge >= 0.3 is 5.97 Å². The van der Waals surface area contributed by atoms with E-state index in [1.807, 2.05) is 0 Å². The lowest BCUT2D eigenvalue weighted by Gasteiger charge is -2.36. The number of nitrogens with zero attached hydrogens (tertiary/aromatic N) is 2. The number of carbonyl (C=O) groups excluding carboxylic acids is 2. The molecule has 0 aliphatic carbocycles. The molecule has 4 rings (SSSR count). The Morgan fingerprint density at radius 1 is 1.29 bits per heavy atom. The summed E-state index contributed by atoms with van der Waals surface area (Å²) in [5.74, 6) is -2.88. The standard InChI is InChI=1S/C25H32N2O7/c1-3-13-26(16-7-9-17(33-2)10-8-16)23(30)21-25-12-11-18(34-25)19(24(31)32)20(25)22(29)27(21)14-5-4-6-15-28/h3,7-10,18-21,28H,1,4-6,11-15H2,2H3,(H,31,32)/t18-,19+,20+,21-,25+/m0/s1. The molecule has 9 nitrogen and oxygen atoms in total. The number of methoxy groups -OCH3 is 1. The van der Waals surface area contributed by atoms with Crippen LogP contribution >= 0.6 is 0 Å². The van der Waals surface area contributed by atoms with Gasteiger partial charge in [-0.3, -0.25) is 14.4 Å². The van der Waals surface area contributed by atoms with Gasteiger partial charge in [-0.2, -0.15) is 0 Å². The minimum atomic E-state index is -1.15. The third-order valence-electron chi connectivity index (χ3n) is 7.34. The number of ether oxygens (including phenoxy) is 2. The summed E-state index contributed by atoms with van der Waals surface area (Å²) < 4.78 is 11.5. The first-order valence-electron chi connectivity index (χ1n) is 11.8. The van der Waals surface area contributed by atoms with E-state index in [1.54, 1.807) is 42.4 Å². The largest absolute Gasteiger partial charge is 0.497 e. The Morgan fingerprint density at radius 2 is 2.03 bits per heavy atom. The van der Waals surface area contributed by atoms with Gasteiger partial charge in [-0.05, 0) is 56.4 Å². The number of carbonyl (C=O) groups is 3. The number of hydrogen-bond donors (Lipinski definition) is 2. The van der Waals surface area contributed by atoms with Crippen molar-refractivity contribution in [2.75, 3.05) is 31.7 Å². The highest BCUT2D eigenvalue weighted by molar-refractivity contribution is 6.04. The SMILES string of the molecule is C=CCN(C(=O)[C@@H]1N(CCCCCO)C(=O)[C@H]2[C@H](C(=O)O)[C@@H]3CC[C@]12O3)c1ccc(OC)cc1. The van der Waals surface area contributed by atoms with Crippen molar-refractivity contribution in [2.45, 2.75) is 49.9 Å². The Balaban J connectivity index is 1.71. The number of rotatable bonds is 11. The Bertz CT molecular complexity index is 949. The fourth-order valence-corrected chi connectivity index (χ4v) is 5.89. The summed E-state index contributed by atoms with van der Waals surface area (Å²) in [5, 5.41) is 19.0. The molecule has 1 spiro atoms. The lowest BCUT2D eigenvalue weighted by atomic mass is 9.70. The van der Waals surface area contributed by atoms with Crippen LogP contribution < -0.4 is 9.64 Å². The van der Waals surface area contributed by atoms with E-state index < -0.39 is 35.6 Å². The van der Waals surface area contributed by atoms with Crippen LogP contribution in [-0.4, -0.2) is 77.4 Å². The summed E-state index contributed by atoms with van der Waals surface area (Å²) in [6.07, 6.45) is 3.92. The molecule has 34 heavy (non-hydrogen) atoms. The predicted molar refractivity (Wildman–Crippen MR) is 123 cm³/mol. The molecule has 2 N–H and O–H groups in total. The number of carboxylic acids is 1. The molecule has 3 fully saturated rings. The summed E-state index contributed by atoms with van der Waals surface area (Å²) in [6.45, 7) is 4.37. The molecular formula is C25H32N2O7. The van der Waals surface area contributed by atoms with Crippen molar-refractivity contribution >= 4 is 23.5 Å². The third kappa shape index (κ3) is 3.86. The number of aliphatic hydroxyl groups is 1. The van der Waals surface area contributed by atoms with Crippen molar-refractivity contribution in [1.82, 2.24) is 4.90 Å². The second-order valence-electron chi connectivity index (χ2n) is 9.15. The number of benzene rings is 1. The number of aliphatic hydroxyl groups excluding tert-OH is 1. The number of aliphatic carboxylic acids is 1. The molecule has 3 saturated heterocycles. The molecule has 1 aromatic carbocycles. The minimum Gasteiger partial charge on any atom is -0.497 e. The van der Waals surface area contributed by atoms with E-state index in [4.69, 9.17) is 14.6 Å². The first-order chi connectivity index (χ1) is 16.4. The van der Waals surface area contributed by atoms with Crippen LogP contribution in [0.25, 0.3) is 0 Å². The lowest BCUT2D eigenvalue weighted by Crippen LogP contribution is -2.56. The van der Waals surface area contributed by atoms with E-state index in [2.05, 4.69) is 6.58 Å². The van der Waals surface area contributed by atoms with Crippen LogP contribution in [0.3, 0.4) is 0 Å². The zero-order chi connectivity index (χ0) is 24.5. The van der Waals surface area contributed by atoms with Crippen LogP contribution in [0.1, 0.15) is 32.1 Å². The second kappa shape index (κ2) is 9.76. The van der Waals surface area contributed by atoms with Crippen molar-refractivity contribution in [3.8, 4) is 5.75 Å². The molecule has 0 aromatic heterocycles. The molecule has 5 atom stereocenters. The van der Waals surface area contributed by atoms with Gasteiger partial charge in [-0.15, -0.1) is 6.58 Å². The average molecular weight is 473 g/mol. The molecule has 1 aromatic rings. The van der Waals surface area contributed by atoms with Gasteiger partial charge in [0.25, 0.3) is 5.91 Å². The van der Waals surface area contributed by atoms with Gasteiger partial charge in [-0.1, -0.05) is 6.08 Å². The first-order valence-corrected chi connectivity index (χ1v) is 11.8. The molecule has 3 aliphatic heterocycles. The number of fused-ring (bicyclic) bond motifs is 1. The molecule has 0 unspecified atom stereocenters. The van der Waals surface area contributed by atoms with Gasteiger partial charge in [0.2, 0.25) is 5.91 Å². The van der Waals surface area contributed by atoms with E-state index in [-0.39, 0.29) is 25.0 Å². The number of anilines is 1. The van der Waals surface area contributed by atoms with Gasteiger partial charge in [-0.25, -0.2) is 0 Å². The minimum absolute atomic E-state index is 0.0549. The van der Waals surface area contributed by atoms with E-state index in [0.29, 0.717) is 50.1 Å². The smallest absolute Gasteiger partial charge is 0.310 e. The number of unbranched alkanes of at least 4 members (excludes halogenated alkanes) is 2. The lowest BCUT2D eigenvalue weighted by molar-refractivity contribution is -0.149. The highest BCUT2D eigenvalue weighted by Crippen LogP contribution is 2.58. The maximum atomic E-state index is 14.1. The van der Waals surface area contributed by atoms with Crippen molar-refractivity contribution in [3.05, 3.63) is 36.9 Å². The van der Waals surface area contributed by atoms with Crippen LogP contribution in [0.15, 0.2) is 36.9 Å². The molecule has 0 saturated carbocycles. The summed E-state index contributed by atoms with van der Waals surface area (Å²) in [4.78, 5) is 42.9. The fourth-order valence-electron chi connectivity index (χ4n) is 5.89. The van der Waals surface area contributed by atoms with E-state index in [1.165, 1.54) is 4.90 Å². The molecule has 3 heterocycles. The maximum Gasteiger partial charge on any atom is 0.310 e. The topological polar surface area (TPSA) is 117 Å². The van der Waals surface area contributed by atoms with Crippen molar-refractivity contribution in [2.24, 2.45) is 11.8 Å². The zero-order valence-corrected chi connectivity index (χ0v) is 19.4. The molecule has 9 heteroatoms. The Hall–Kier alpha value is -2.91. The number of hydrogen-bond acceptors (Lipinski definition) is 6. The van der Waals surface area contributed by atoms with E-state index >= 15 is 0 Å².